The maximum absolute atomic E-state index is 13.3. The van der Waals surface area contributed by atoms with Crippen LogP contribution in [0.2, 0.25) is 10.0 Å². The molecule has 5 nitrogen and oxygen atoms in total. The van der Waals surface area contributed by atoms with Crippen LogP contribution in [0.1, 0.15) is 48.1 Å². The maximum Gasteiger partial charge on any atom is 0.300 e. The summed E-state index contributed by atoms with van der Waals surface area (Å²) >= 11 is 12.6. The van der Waals surface area contributed by atoms with Crippen molar-refractivity contribution >= 4 is 46.3 Å². The minimum atomic E-state index is -0.834. The summed E-state index contributed by atoms with van der Waals surface area (Å²) in [5, 5.41) is 11.7. The molecular weight excluding hydrogens is 485 g/mol. The lowest BCUT2D eigenvalue weighted by Crippen LogP contribution is -2.29. The van der Waals surface area contributed by atoms with Gasteiger partial charge in [-0.25, -0.2) is 0 Å². The molecule has 1 unspecified atom stereocenters. The van der Waals surface area contributed by atoms with Gasteiger partial charge in [0.05, 0.1) is 28.8 Å². The molecule has 3 aromatic rings. The van der Waals surface area contributed by atoms with Gasteiger partial charge in [-0.2, -0.15) is 0 Å². The summed E-state index contributed by atoms with van der Waals surface area (Å²) in [4.78, 5) is 28.1. The zero-order valence-corrected chi connectivity index (χ0v) is 21.3. The van der Waals surface area contributed by atoms with E-state index in [1.165, 1.54) is 24.1 Å². The van der Waals surface area contributed by atoms with Crippen molar-refractivity contribution in [1.29, 1.82) is 0 Å². The highest BCUT2D eigenvalue weighted by Crippen LogP contribution is 2.44. The van der Waals surface area contributed by atoms with Crippen molar-refractivity contribution in [2.75, 3.05) is 12.0 Å². The molecule has 1 amide bonds. The van der Waals surface area contributed by atoms with Gasteiger partial charge >= 0.3 is 0 Å². The van der Waals surface area contributed by atoms with Gasteiger partial charge in [-0.05, 0) is 48.2 Å². The molecule has 0 aromatic heterocycles. The molecule has 0 saturated carbocycles. The van der Waals surface area contributed by atoms with Crippen molar-refractivity contribution in [2.45, 2.75) is 32.7 Å². The quantitative estimate of drug-likeness (QED) is 0.227. The van der Waals surface area contributed by atoms with E-state index in [1.807, 2.05) is 55.5 Å². The van der Waals surface area contributed by atoms with Gasteiger partial charge in [0.2, 0.25) is 0 Å². The average molecular weight is 510 g/mol. The fraction of sp³-hybridized carbons (Fsp3) is 0.214. The van der Waals surface area contributed by atoms with Crippen LogP contribution in [0.5, 0.6) is 5.75 Å². The topological polar surface area (TPSA) is 66.8 Å². The van der Waals surface area contributed by atoms with E-state index >= 15 is 0 Å². The van der Waals surface area contributed by atoms with E-state index in [0.717, 1.165) is 11.1 Å². The first-order valence-electron chi connectivity index (χ1n) is 11.1. The Morgan fingerprint density at radius 2 is 1.63 bits per heavy atom. The number of hydrogen-bond donors (Lipinski definition) is 1. The number of ketones is 1. The van der Waals surface area contributed by atoms with E-state index in [4.69, 9.17) is 27.9 Å². The Balaban J connectivity index is 1.94. The highest BCUT2D eigenvalue weighted by Gasteiger charge is 2.47. The maximum atomic E-state index is 13.3. The van der Waals surface area contributed by atoms with E-state index < -0.39 is 17.7 Å². The number of amides is 1. The Morgan fingerprint density at radius 3 is 2.17 bits per heavy atom. The zero-order chi connectivity index (χ0) is 25.4. The predicted octanol–water partition coefficient (Wildman–Crippen LogP) is 7.06. The number of carbonyl (C=O) groups is 2. The lowest BCUT2D eigenvalue weighted by molar-refractivity contribution is -0.132. The Morgan fingerprint density at radius 1 is 1.00 bits per heavy atom. The molecule has 1 atom stereocenters. The van der Waals surface area contributed by atoms with Gasteiger partial charge in [0.1, 0.15) is 5.76 Å². The minimum absolute atomic E-state index is 0.0363. The summed E-state index contributed by atoms with van der Waals surface area (Å²) < 4.78 is 5.19. The molecule has 35 heavy (non-hydrogen) atoms. The lowest BCUT2D eigenvalue weighted by Gasteiger charge is -2.26. The number of nitrogens with zero attached hydrogens (tertiary/aromatic N) is 1. The summed E-state index contributed by atoms with van der Waals surface area (Å²) in [6, 6.07) is 17.1. The first kappa shape index (κ1) is 24.8. The molecule has 0 radical (unpaired) electrons. The van der Waals surface area contributed by atoms with Crippen LogP contribution in [0.3, 0.4) is 0 Å². The number of hydrogen-bond acceptors (Lipinski definition) is 4. The van der Waals surface area contributed by atoms with Crippen molar-refractivity contribution in [3.63, 3.8) is 0 Å². The third-order valence-corrected chi connectivity index (χ3v) is 6.68. The number of aliphatic hydroxyl groups is 1. The Labute approximate surface area is 214 Å². The zero-order valence-electron chi connectivity index (χ0n) is 19.8. The number of ether oxygens (including phenoxy) is 1. The molecule has 0 aliphatic carbocycles. The summed E-state index contributed by atoms with van der Waals surface area (Å²) in [6.45, 7) is 6.09. The minimum Gasteiger partial charge on any atom is -0.507 e. The van der Waals surface area contributed by atoms with Crippen LogP contribution in [0, 0.1) is 6.92 Å². The molecule has 1 heterocycles. The highest BCUT2D eigenvalue weighted by molar-refractivity contribution is 6.51. The molecule has 0 bridgehead atoms. The number of methoxy groups -OCH3 is 1. The number of rotatable bonds is 5. The first-order chi connectivity index (χ1) is 16.6. The van der Waals surface area contributed by atoms with Crippen molar-refractivity contribution in [3.8, 4) is 5.75 Å². The monoisotopic (exact) mass is 509 g/mol. The number of benzene rings is 3. The van der Waals surface area contributed by atoms with Gasteiger partial charge in [0.25, 0.3) is 11.7 Å². The number of halogens is 2. The van der Waals surface area contributed by atoms with Crippen molar-refractivity contribution in [3.05, 3.63) is 98.5 Å². The van der Waals surface area contributed by atoms with E-state index in [-0.39, 0.29) is 32.7 Å². The normalized spacial score (nSPS) is 17.3. The van der Waals surface area contributed by atoms with Gasteiger partial charge in [-0.1, -0.05) is 79.0 Å². The van der Waals surface area contributed by atoms with Crippen LogP contribution in [-0.2, 0) is 9.59 Å². The van der Waals surface area contributed by atoms with Crippen molar-refractivity contribution in [2.24, 2.45) is 0 Å². The van der Waals surface area contributed by atoms with E-state index in [2.05, 4.69) is 13.8 Å². The van der Waals surface area contributed by atoms with Crippen LogP contribution < -0.4 is 9.64 Å². The fourth-order valence-corrected chi connectivity index (χ4v) is 4.96. The number of aryl methyl sites for hydroxylation is 1. The lowest BCUT2D eigenvalue weighted by atomic mass is 9.94. The van der Waals surface area contributed by atoms with Gasteiger partial charge in [0.15, 0.2) is 5.75 Å². The molecule has 1 aliphatic heterocycles. The van der Waals surface area contributed by atoms with Crippen LogP contribution in [0.25, 0.3) is 5.76 Å². The number of aliphatic hydroxyl groups excluding tert-OH is 1. The second kappa shape index (κ2) is 9.76. The van der Waals surface area contributed by atoms with Gasteiger partial charge in [0, 0.05) is 11.3 Å². The summed E-state index contributed by atoms with van der Waals surface area (Å²) in [6.07, 6.45) is 0. The van der Waals surface area contributed by atoms with E-state index in [1.54, 1.807) is 0 Å². The van der Waals surface area contributed by atoms with Crippen molar-refractivity contribution in [1.82, 2.24) is 0 Å². The largest absolute Gasteiger partial charge is 0.507 e. The molecule has 1 saturated heterocycles. The molecule has 180 valence electrons. The Hall–Kier alpha value is -3.28. The van der Waals surface area contributed by atoms with E-state index in [9.17, 15) is 14.7 Å². The third-order valence-electron chi connectivity index (χ3n) is 6.12. The van der Waals surface area contributed by atoms with Gasteiger partial charge in [-0.15, -0.1) is 0 Å². The van der Waals surface area contributed by atoms with Crippen LogP contribution >= 0.6 is 23.2 Å². The molecule has 0 spiro atoms. The first-order valence-corrected chi connectivity index (χ1v) is 11.9. The highest BCUT2D eigenvalue weighted by atomic mass is 35.5. The number of Topliss-reactive ketones (excluding diaryl/α,β-unsaturated/α-hetero) is 1. The molecule has 4 rings (SSSR count). The second-order valence-electron chi connectivity index (χ2n) is 8.80. The molecule has 3 aromatic carbocycles. The van der Waals surface area contributed by atoms with Crippen molar-refractivity contribution < 1.29 is 19.4 Å². The van der Waals surface area contributed by atoms with Crippen LogP contribution in [-0.4, -0.2) is 23.9 Å². The molecular formula is C28H25Cl2NO4. The summed E-state index contributed by atoms with van der Waals surface area (Å²) in [5.74, 6) is -1.30. The SMILES string of the molecule is COc1c(Cl)cc(/C(O)=C2\C(=O)C(=O)N(c3ccc(C(C)C)cc3)C2c2cccc(C)c2)cc1Cl. The smallest absolute Gasteiger partial charge is 0.300 e. The molecule has 1 fully saturated rings. The summed E-state index contributed by atoms with van der Waals surface area (Å²) in [7, 11) is 1.43. The second-order valence-corrected chi connectivity index (χ2v) is 9.62. The summed E-state index contributed by atoms with van der Waals surface area (Å²) in [5.41, 5.74) is 3.51. The molecule has 1 aliphatic rings. The number of anilines is 1. The Kier molecular flexibility index (Phi) is 6.93. The predicted molar refractivity (Wildman–Crippen MR) is 140 cm³/mol. The number of carbonyl (C=O) groups excluding carboxylic acids is 2. The molecule has 1 N–H and O–H groups in total. The molecule has 7 heteroatoms. The third kappa shape index (κ3) is 4.54. The van der Waals surface area contributed by atoms with E-state index in [0.29, 0.717) is 17.2 Å². The Bertz CT molecular complexity index is 1320. The fourth-order valence-electron chi connectivity index (χ4n) is 4.32. The van der Waals surface area contributed by atoms with Crippen LogP contribution in [0.15, 0.2) is 66.2 Å². The van der Waals surface area contributed by atoms with Crippen LogP contribution in [0.4, 0.5) is 5.69 Å². The van der Waals surface area contributed by atoms with Gasteiger partial charge in [-0.3, -0.25) is 14.5 Å². The van der Waals surface area contributed by atoms with Gasteiger partial charge < -0.3 is 9.84 Å². The standard InChI is InChI=1S/C28H25Cl2NO4/c1-15(2)17-8-10-20(11-9-17)31-24(18-7-5-6-16(3)12-18)23(26(33)28(31)34)25(32)19-13-21(29)27(35-4)22(30)14-19/h5-15,24,32H,1-4H3/b25-23+. The average Bonchev–Trinajstić information content (AvgIpc) is 3.09.